The predicted octanol–water partition coefficient (Wildman–Crippen LogP) is 3.74. The molecule has 17 heavy (non-hydrogen) atoms. The van der Waals surface area contributed by atoms with Crippen LogP contribution in [0.15, 0.2) is 59.2 Å². The van der Waals surface area contributed by atoms with Crippen LogP contribution in [-0.4, -0.2) is 10.8 Å². The molecule has 0 unspecified atom stereocenters. The van der Waals surface area contributed by atoms with Crippen molar-refractivity contribution >= 4 is 27.8 Å². The van der Waals surface area contributed by atoms with E-state index in [2.05, 4.69) is 20.9 Å². The van der Waals surface area contributed by atoms with E-state index in [0.29, 0.717) is 10.3 Å². The summed E-state index contributed by atoms with van der Waals surface area (Å²) < 4.78 is 0.663. The molecule has 0 saturated carbocycles. The monoisotopic (exact) mass is 287 g/mol. The Morgan fingerprint density at radius 1 is 1.06 bits per heavy atom. The molecule has 0 bridgehead atoms. The first-order chi connectivity index (χ1) is 8.25. The Hall–Kier alpha value is -1.74. The fourth-order valence-corrected chi connectivity index (χ4v) is 1.71. The molecule has 2 aromatic rings. The zero-order valence-corrected chi connectivity index (χ0v) is 10.6. The molecular formula is C14H10BrNO. The molecule has 0 fully saturated rings. The van der Waals surface area contributed by atoms with Gasteiger partial charge in [0.05, 0.1) is 0 Å². The van der Waals surface area contributed by atoms with Gasteiger partial charge in [0, 0.05) is 0 Å². The summed E-state index contributed by atoms with van der Waals surface area (Å²) in [5.41, 5.74) is 1.43. The second-order valence-electron chi connectivity index (χ2n) is 3.45. The Bertz CT molecular complexity index is 549. The van der Waals surface area contributed by atoms with Gasteiger partial charge in [-0.15, -0.1) is 0 Å². The fourth-order valence-electron chi connectivity index (χ4n) is 1.37. The third-order valence-corrected chi connectivity index (χ3v) is 2.64. The maximum Gasteiger partial charge on any atom is 0.204 e. The fraction of sp³-hybridized carbons (Fsp3) is 0. The van der Waals surface area contributed by atoms with Crippen molar-refractivity contribution in [2.24, 2.45) is 0 Å². The average Bonchev–Trinajstić information content (AvgIpc) is 2.37. The smallest absolute Gasteiger partial charge is 0.204 e. The van der Waals surface area contributed by atoms with E-state index < -0.39 is 0 Å². The van der Waals surface area contributed by atoms with Crippen LogP contribution in [0.25, 0.3) is 6.08 Å². The number of aromatic nitrogens is 1. The lowest BCUT2D eigenvalue weighted by molar-refractivity contribution is 0.104. The minimum absolute atomic E-state index is 0.102. The number of hydrogen-bond donors (Lipinski definition) is 0. The topological polar surface area (TPSA) is 30.0 Å². The van der Waals surface area contributed by atoms with E-state index >= 15 is 0 Å². The first-order valence-corrected chi connectivity index (χ1v) is 5.95. The molecule has 0 saturated heterocycles. The van der Waals surface area contributed by atoms with Crippen LogP contribution in [-0.2, 0) is 0 Å². The van der Waals surface area contributed by atoms with Crippen molar-refractivity contribution < 1.29 is 4.79 Å². The van der Waals surface area contributed by atoms with Gasteiger partial charge in [-0.3, -0.25) is 4.79 Å². The summed E-state index contributed by atoms with van der Waals surface area (Å²) in [6, 6.07) is 15.0. The summed E-state index contributed by atoms with van der Waals surface area (Å²) in [5, 5.41) is 0. The Labute approximate surface area is 108 Å². The molecule has 0 atom stereocenters. The molecule has 0 aliphatic heterocycles. The van der Waals surface area contributed by atoms with Gasteiger partial charge in [-0.2, -0.15) is 0 Å². The molecule has 1 aromatic heterocycles. The average molecular weight is 288 g/mol. The number of halogens is 1. The molecule has 3 heteroatoms. The molecule has 0 N–H and O–H groups in total. The maximum absolute atomic E-state index is 11.8. The van der Waals surface area contributed by atoms with E-state index in [0.717, 1.165) is 5.56 Å². The van der Waals surface area contributed by atoms with Gasteiger partial charge in [0.15, 0.2) is 0 Å². The summed E-state index contributed by atoms with van der Waals surface area (Å²) in [6.07, 6.45) is 3.31. The molecule has 2 nitrogen and oxygen atoms in total. The largest absolute Gasteiger partial charge is 0.288 e. The zero-order valence-electron chi connectivity index (χ0n) is 9.01. The molecule has 0 spiro atoms. The maximum atomic E-state index is 11.8. The third-order valence-electron chi connectivity index (χ3n) is 2.19. The molecule has 1 heterocycles. The van der Waals surface area contributed by atoms with Crippen molar-refractivity contribution in [3.63, 3.8) is 0 Å². The minimum Gasteiger partial charge on any atom is -0.288 e. The van der Waals surface area contributed by atoms with E-state index in [-0.39, 0.29) is 5.78 Å². The molecule has 2 rings (SSSR count). The van der Waals surface area contributed by atoms with Gasteiger partial charge in [-0.1, -0.05) is 42.5 Å². The van der Waals surface area contributed by atoms with E-state index in [1.165, 1.54) is 6.08 Å². The molecular weight excluding hydrogens is 278 g/mol. The Balaban J connectivity index is 2.15. The number of hydrogen-bond acceptors (Lipinski definition) is 2. The highest BCUT2D eigenvalue weighted by molar-refractivity contribution is 9.10. The van der Waals surface area contributed by atoms with Crippen LogP contribution in [0.5, 0.6) is 0 Å². The number of pyridine rings is 1. The molecule has 1 aromatic carbocycles. The van der Waals surface area contributed by atoms with Gasteiger partial charge in [-0.25, -0.2) is 4.98 Å². The number of carbonyl (C=O) groups is 1. The van der Waals surface area contributed by atoms with Crippen molar-refractivity contribution in [2.45, 2.75) is 0 Å². The normalized spacial score (nSPS) is 10.6. The summed E-state index contributed by atoms with van der Waals surface area (Å²) in [5.74, 6) is -0.102. The van der Waals surface area contributed by atoms with Crippen molar-refractivity contribution in [3.8, 4) is 0 Å². The van der Waals surface area contributed by atoms with Gasteiger partial charge in [0.2, 0.25) is 5.78 Å². The number of benzene rings is 1. The highest BCUT2D eigenvalue weighted by Gasteiger charge is 2.02. The first kappa shape index (κ1) is 11.7. The molecule has 0 aliphatic carbocycles. The summed E-state index contributed by atoms with van der Waals surface area (Å²) in [7, 11) is 0. The van der Waals surface area contributed by atoms with Crippen molar-refractivity contribution in [2.75, 3.05) is 0 Å². The molecule has 0 radical (unpaired) electrons. The Morgan fingerprint density at radius 3 is 2.53 bits per heavy atom. The second-order valence-corrected chi connectivity index (χ2v) is 4.27. The van der Waals surface area contributed by atoms with Crippen LogP contribution >= 0.6 is 15.9 Å². The highest BCUT2D eigenvalue weighted by atomic mass is 79.9. The van der Waals surface area contributed by atoms with E-state index in [9.17, 15) is 4.79 Å². The Kier molecular flexibility index (Phi) is 3.83. The summed E-state index contributed by atoms with van der Waals surface area (Å²) in [6.45, 7) is 0. The van der Waals surface area contributed by atoms with Gasteiger partial charge < -0.3 is 0 Å². The lowest BCUT2D eigenvalue weighted by atomic mass is 10.1. The van der Waals surface area contributed by atoms with E-state index in [1.54, 1.807) is 24.3 Å². The van der Waals surface area contributed by atoms with Crippen molar-refractivity contribution in [1.82, 2.24) is 4.98 Å². The van der Waals surface area contributed by atoms with Crippen LogP contribution in [0.4, 0.5) is 0 Å². The first-order valence-electron chi connectivity index (χ1n) is 5.16. The quantitative estimate of drug-likeness (QED) is 0.489. The number of nitrogens with zero attached hydrogens (tertiary/aromatic N) is 1. The van der Waals surface area contributed by atoms with Gasteiger partial charge >= 0.3 is 0 Å². The minimum atomic E-state index is -0.102. The van der Waals surface area contributed by atoms with Crippen LogP contribution in [0.2, 0.25) is 0 Å². The van der Waals surface area contributed by atoms with Gasteiger partial charge in [-0.05, 0) is 39.7 Å². The lowest BCUT2D eigenvalue weighted by Gasteiger charge is -1.95. The Morgan fingerprint density at radius 2 is 1.82 bits per heavy atom. The SMILES string of the molecule is O=C(/C=C/c1ccccc1)c1cccc(Br)n1. The van der Waals surface area contributed by atoms with Crippen molar-refractivity contribution in [1.29, 1.82) is 0 Å². The predicted molar refractivity (Wildman–Crippen MR) is 71.7 cm³/mol. The highest BCUT2D eigenvalue weighted by Crippen LogP contribution is 2.08. The summed E-state index contributed by atoms with van der Waals surface area (Å²) in [4.78, 5) is 15.9. The van der Waals surface area contributed by atoms with Crippen LogP contribution in [0.3, 0.4) is 0 Å². The zero-order chi connectivity index (χ0) is 12.1. The van der Waals surface area contributed by atoms with Crippen LogP contribution in [0.1, 0.15) is 16.1 Å². The second kappa shape index (κ2) is 5.55. The molecule has 0 aliphatic rings. The van der Waals surface area contributed by atoms with Gasteiger partial charge in [0.1, 0.15) is 10.3 Å². The number of rotatable bonds is 3. The van der Waals surface area contributed by atoms with Crippen LogP contribution in [0, 0.1) is 0 Å². The number of ketones is 1. The van der Waals surface area contributed by atoms with E-state index in [4.69, 9.17) is 0 Å². The number of allylic oxidation sites excluding steroid dienone is 1. The van der Waals surface area contributed by atoms with Crippen molar-refractivity contribution in [3.05, 3.63) is 70.5 Å². The third kappa shape index (κ3) is 3.36. The standard InChI is InChI=1S/C14H10BrNO/c15-14-8-4-7-12(16-14)13(17)10-9-11-5-2-1-3-6-11/h1-10H/b10-9+. The van der Waals surface area contributed by atoms with E-state index in [1.807, 2.05) is 30.3 Å². The molecule has 0 amide bonds. The lowest BCUT2D eigenvalue weighted by Crippen LogP contribution is -1.97. The molecule has 84 valence electrons. The van der Waals surface area contributed by atoms with Gasteiger partial charge in [0.25, 0.3) is 0 Å². The van der Waals surface area contributed by atoms with Crippen LogP contribution < -0.4 is 0 Å². The number of carbonyl (C=O) groups excluding carboxylic acids is 1. The summed E-state index contributed by atoms with van der Waals surface area (Å²) >= 11 is 3.24.